The van der Waals surface area contributed by atoms with Crippen LogP contribution in [-0.2, 0) is 0 Å². The van der Waals surface area contributed by atoms with Crippen molar-refractivity contribution in [2.24, 2.45) is 0 Å². The van der Waals surface area contributed by atoms with Crippen molar-refractivity contribution in [1.29, 1.82) is 0 Å². The molecule has 1 N–H and O–H groups in total. The summed E-state index contributed by atoms with van der Waals surface area (Å²) in [5.74, 6) is 0.0737. The van der Waals surface area contributed by atoms with Crippen molar-refractivity contribution < 1.29 is 5.11 Å². The minimum Gasteiger partial charge on any atom is -0.390 e. The lowest BCUT2D eigenvalue weighted by Gasteiger charge is -2.38. The van der Waals surface area contributed by atoms with Crippen molar-refractivity contribution in [3.05, 3.63) is 34.9 Å². The summed E-state index contributed by atoms with van der Waals surface area (Å²) in [5, 5.41) is 11.3. The lowest BCUT2D eigenvalue weighted by Crippen LogP contribution is -2.48. The normalized spacial score (nSPS) is 20.1. The van der Waals surface area contributed by atoms with Crippen LogP contribution < -0.4 is 0 Å². The van der Waals surface area contributed by atoms with Crippen molar-refractivity contribution in [1.82, 2.24) is 9.80 Å². The van der Waals surface area contributed by atoms with Crippen LogP contribution in [0.4, 0.5) is 0 Å². The summed E-state index contributed by atoms with van der Waals surface area (Å²) in [5.41, 5.74) is 0.359. The first-order chi connectivity index (χ1) is 9.36. The highest BCUT2D eigenvalue weighted by molar-refractivity contribution is 6.30. The number of hydrogen-bond donors (Lipinski definition) is 1. The zero-order valence-corrected chi connectivity index (χ0v) is 13.4. The van der Waals surface area contributed by atoms with E-state index in [0.29, 0.717) is 0 Å². The molecule has 1 heterocycles. The number of benzene rings is 1. The van der Waals surface area contributed by atoms with Gasteiger partial charge in [0.1, 0.15) is 0 Å². The molecule has 0 spiro atoms. The second-order valence-corrected chi connectivity index (χ2v) is 6.80. The molecule has 0 saturated carbocycles. The molecule has 0 unspecified atom stereocenters. The number of likely N-dealkylation sites (N-methyl/N-ethyl adjacent to an activating group) is 1. The molecule has 112 valence electrons. The molecule has 1 atom stereocenters. The van der Waals surface area contributed by atoms with Crippen LogP contribution in [0.5, 0.6) is 0 Å². The van der Waals surface area contributed by atoms with Crippen molar-refractivity contribution >= 4 is 11.6 Å². The second kappa shape index (κ2) is 6.44. The number of nitrogens with zero attached hydrogens (tertiary/aromatic N) is 2. The third-order valence-corrected chi connectivity index (χ3v) is 4.38. The molecule has 20 heavy (non-hydrogen) atoms. The molecule has 1 saturated heterocycles. The molecular weight excluding hydrogens is 272 g/mol. The van der Waals surface area contributed by atoms with Gasteiger partial charge in [-0.1, -0.05) is 23.7 Å². The van der Waals surface area contributed by atoms with Crippen molar-refractivity contribution in [2.45, 2.75) is 25.4 Å². The highest BCUT2D eigenvalue weighted by Crippen LogP contribution is 2.30. The van der Waals surface area contributed by atoms with Gasteiger partial charge < -0.3 is 14.9 Å². The fourth-order valence-corrected chi connectivity index (χ4v) is 2.95. The molecule has 0 aliphatic carbocycles. The monoisotopic (exact) mass is 296 g/mol. The van der Waals surface area contributed by atoms with Gasteiger partial charge in [-0.3, -0.25) is 0 Å². The smallest absolute Gasteiger partial charge is 0.0672 e. The van der Waals surface area contributed by atoms with Gasteiger partial charge in [-0.2, -0.15) is 0 Å². The number of hydrogen-bond acceptors (Lipinski definition) is 3. The van der Waals surface area contributed by atoms with Gasteiger partial charge in [0.05, 0.1) is 5.60 Å². The predicted octanol–water partition coefficient (Wildman–Crippen LogP) is 2.44. The molecule has 3 nitrogen and oxygen atoms in total. The van der Waals surface area contributed by atoms with Crippen molar-refractivity contribution in [3.63, 3.8) is 0 Å². The summed E-state index contributed by atoms with van der Waals surface area (Å²) in [4.78, 5) is 4.78. The molecule has 2 rings (SSSR count). The zero-order chi connectivity index (χ0) is 14.8. The Morgan fingerprint density at radius 1 is 1.25 bits per heavy atom. The molecule has 0 amide bonds. The average molecular weight is 297 g/mol. The lowest BCUT2D eigenvalue weighted by molar-refractivity contribution is 0.0275. The third-order valence-electron chi connectivity index (χ3n) is 4.14. The molecule has 1 fully saturated rings. The lowest BCUT2D eigenvalue weighted by atomic mass is 9.84. The largest absolute Gasteiger partial charge is 0.390 e. The summed E-state index contributed by atoms with van der Waals surface area (Å²) < 4.78 is 0. The Bertz CT molecular complexity index is 436. The van der Waals surface area contributed by atoms with E-state index in [1.165, 1.54) is 0 Å². The first kappa shape index (κ1) is 15.8. The summed E-state index contributed by atoms with van der Waals surface area (Å²) in [7, 11) is 2.15. The predicted molar refractivity (Wildman–Crippen MR) is 84.4 cm³/mol. The number of rotatable bonds is 4. The summed E-state index contributed by atoms with van der Waals surface area (Å²) in [6.45, 7) is 8.94. The van der Waals surface area contributed by atoms with Crippen LogP contribution in [0.2, 0.25) is 5.02 Å². The third kappa shape index (κ3) is 4.19. The van der Waals surface area contributed by atoms with Crippen molar-refractivity contribution in [3.8, 4) is 0 Å². The molecule has 0 radical (unpaired) electrons. The summed E-state index contributed by atoms with van der Waals surface area (Å²) in [6, 6.07) is 7.87. The van der Waals surface area contributed by atoms with Crippen LogP contribution in [0.25, 0.3) is 0 Å². The molecule has 1 aliphatic rings. The van der Waals surface area contributed by atoms with Gasteiger partial charge in [0.2, 0.25) is 0 Å². The molecule has 1 aliphatic heterocycles. The Hall–Kier alpha value is -0.610. The molecule has 1 aromatic carbocycles. The van der Waals surface area contributed by atoms with Crippen LogP contribution in [0, 0.1) is 0 Å². The van der Waals surface area contributed by atoms with Crippen LogP contribution in [0.15, 0.2) is 24.3 Å². The molecule has 1 aromatic rings. The van der Waals surface area contributed by atoms with E-state index in [-0.39, 0.29) is 5.92 Å². The maximum Gasteiger partial charge on any atom is 0.0672 e. The van der Waals surface area contributed by atoms with E-state index in [9.17, 15) is 5.11 Å². The Labute approximate surface area is 127 Å². The fraction of sp³-hybridized carbons (Fsp3) is 0.625. The number of aliphatic hydroxyl groups is 1. The maximum atomic E-state index is 10.5. The molecule has 0 aromatic heterocycles. The van der Waals surface area contributed by atoms with E-state index in [4.69, 9.17) is 11.6 Å². The van der Waals surface area contributed by atoms with E-state index in [2.05, 4.69) is 22.9 Å². The number of piperazine rings is 1. The topological polar surface area (TPSA) is 26.7 Å². The Balaban J connectivity index is 2.13. The van der Waals surface area contributed by atoms with Gasteiger partial charge in [-0.05, 0) is 38.6 Å². The SMILES string of the molecule is CN1CCN(C[C@H](c2cccc(Cl)c2)C(C)(C)O)CC1. The van der Waals surface area contributed by atoms with E-state index < -0.39 is 5.60 Å². The van der Waals surface area contributed by atoms with Gasteiger partial charge in [0.15, 0.2) is 0 Å². The minimum absolute atomic E-state index is 0.0737. The Kier molecular flexibility index (Phi) is 5.08. The molecule has 0 bridgehead atoms. The summed E-state index contributed by atoms with van der Waals surface area (Å²) in [6.07, 6.45) is 0. The van der Waals surface area contributed by atoms with Crippen molar-refractivity contribution in [2.75, 3.05) is 39.8 Å². The average Bonchev–Trinajstić information content (AvgIpc) is 2.36. The zero-order valence-electron chi connectivity index (χ0n) is 12.6. The number of halogens is 1. The van der Waals surface area contributed by atoms with Crippen LogP contribution in [0.1, 0.15) is 25.3 Å². The maximum absolute atomic E-state index is 10.5. The van der Waals surface area contributed by atoms with Gasteiger partial charge in [0, 0.05) is 43.7 Å². The van der Waals surface area contributed by atoms with Gasteiger partial charge >= 0.3 is 0 Å². The quantitative estimate of drug-likeness (QED) is 0.924. The second-order valence-electron chi connectivity index (χ2n) is 6.37. The first-order valence-corrected chi connectivity index (χ1v) is 7.63. The fourth-order valence-electron chi connectivity index (χ4n) is 2.75. The van der Waals surface area contributed by atoms with Gasteiger partial charge in [0.25, 0.3) is 0 Å². The molecular formula is C16H25ClN2O. The first-order valence-electron chi connectivity index (χ1n) is 7.25. The van der Waals surface area contributed by atoms with Crippen LogP contribution in [-0.4, -0.2) is 60.3 Å². The Morgan fingerprint density at radius 2 is 1.90 bits per heavy atom. The highest BCUT2D eigenvalue weighted by Gasteiger charge is 2.31. The summed E-state index contributed by atoms with van der Waals surface area (Å²) >= 11 is 6.10. The van der Waals surface area contributed by atoms with Gasteiger partial charge in [-0.25, -0.2) is 0 Å². The standard InChI is InChI=1S/C16H25ClN2O/c1-16(2,20)15(13-5-4-6-14(17)11-13)12-19-9-7-18(3)8-10-19/h4-6,11,15,20H,7-10,12H2,1-3H3/t15-/m1/s1. The van der Waals surface area contributed by atoms with E-state index >= 15 is 0 Å². The Morgan fingerprint density at radius 3 is 2.45 bits per heavy atom. The van der Waals surface area contributed by atoms with E-state index in [0.717, 1.165) is 43.3 Å². The minimum atomic E-state index is -0.756. The van der Waals surface area contributed by atoms with E-state index in [1.807, 2.05) is 32.0 Å². The van der Waals surface area contributed by atoms with Crippen LogP contribution >= 0.6 is 11.6 Å². The van der Waals surface area contributed by atoms with Gasteiger partial charge in [-0.15, -0.1) is 0 Å². The molecule has 4 heteroatoms. The van der Waals surface area contributed by atoms with Crippen LogP contribution in [0.3, 0.4) is 0 Å². The van der Waals surface area contributed by atoms with E-state index in [1.54, 1.807) is 0 Å². The highest BCUT2D eigenvalue weighted by atomic mass is 35.5.